The maximum absolute atomic E-state index is 9.91. The Morgan fingerprint density at radius 3 is 2.33 bits per heavy atom. The molecule has 0 unspecified atom stereocenters. The van der Waals surface area contributed by atoms with Gasteiger partial charge in [-0.2, -0.15) is 5.26 Å². The SMILES string of the molecule is COc1cc(-c2c(C#N)c(SC)nc3c2CN(C)CC3)cc(OC)c1OC. The largest absolute Gasteiger partial charge is 0.493 e. The van der Waals surface area contributed by atoms with Crippen molar-refractivity contribution >= 4 is 11.8 Å². The van der Waals surface area contributed by atoms with Crippen LogP contribution >= 0.6 is 11.8 Å². The van der Waals surface area contributed by atoms with Crippen LogP contribution in [0.3, 0.4) is 0 Å². The van der Waals surface area contributed by atoms with Gasteiger partial charge in [-0.1, -0.05) is 0 Å². The maximum Gasteiger partial charge on any atom is 0.203 e. The van der Waals surface area contributed by atoms with E-state index < -0.39 is 0 Å². The number of hydrogen-bond donors (Lipinski definition) is 0. The molecule has 1 aliphatic rings. The summed E-state index contributed by atoms with van der Waals surface area (Å²) in [4.78, 5) is 7.01. The smallest absolute Gasteiger partial charge is 0.203 e. The van der Waals surface area contributed by atoms with E-state index in [1.54, 1.807) is 21.3 Å². The van der Waals surface area contributed by atoms with E-state index in [-0.39, 0.29) is 0 Å². The average Bonchev–Trinajstić information content (AvgIpc) is 2.70. The van der Waals surface area contributed by atoms with Gasteiger partial charge in [0.25, 0.3) is 0 Å². The number of pyridine rings is 1. The Morgan fingerprint density at radius 2 is 1.81 bits per heavy atom. The summed E-state index contributed by atoms with van der Waals surface area (Å²) < 4.78 is 16.5. The Balaban J connectivity index is 2.35. The van der Waals surface area contributed by atoms with Gasteiger partial charge in [0.1, 0.15) is 11.1 Å². The molecule has 7 heteroatoms. The zero-order chi connectivity index (χ0) is 19.6. The van der Waals surface area contributed by atoms with E-state index in [2.05, 4.69) is 18.0 Å². The van der Waals surface area contributed by atoms with Crippen molar-refractivity contribution in [2.45, 2.75) is 18.0 Å². The fraction of sp³-hybridized carbons (Fsp3) is 0.400. The molecule has 0 aliphatic carbocycles. The highest BCUT2D eigenvalue weighted by atomic mass is 32.2. The standard InChI is InChI=1S/C20H23N3O3S/c1-23-7-6-15-14(11-23)18(13(10-21)20(22-15)27-5)12-8-16(24-2)19(26-4)17(9-12)25-3/h8-9H,6-7,11H2,1-5H3. The molecule has 142 valence electrons. The Hall–Kier alpha value is -2.43. The third-order valence-corrected chi connectivity index (χ3v) is 5.45. The predicted octanol–water partition coefficient (Wildman–Crippen LogP) is 3.36. The van der Waals surface area contributed by atoms with E-state index in [9.17, 15) is 5.26 Å². The van der Waals surface area contributed by atoms with Crippen molar-refractivity contribution in [1.82, 2.24) is 9.88 Å². The number of hydrogen-bond acceptors (Lipinski definition) is 7. The number of aromatic nitrogens is 1. The first-order valence-electron chi connectivity index (χ1n) is 8.56. The fourth-order valence-electron chi connectivity index (χ4n) is 3.47. The van der Waals surface area contributed by atoms with E-state index in [1.807, 2.05) is 18.4 Å². The Labute approximate surface area is 164 Å². The molecular weight excluding hydrogens is 362 g/mol. The second-order valence-corrected chi connectivity index (χ2v) is 7.10. The predicted molar refractivity (Wildman–Crippen MR) is 106 cm³/mol. The summed E-state index contributed by atoms with van der Waals surface area (Å²) in [5.74, 6) is 1.67. The maximum atomic E-state index is 9.91. The molecule has 6 nitrogen and oxygen atoms in total. The summed E-state index contributed by atoms with van der Waals surface area (Å²) >= 11 is 1.50. The van der Waals surface area contributed by atoms with Crippen molar-refractivity contribution < 1.29 is 14.2 Å². The Kier molecular flexibility index (Phi) is 5.78. The minimum Gasteiger partial charge on any atom is -0.493 e. The zero-order valence-electron chi connectivity index (χ0n) is 16.3. The molecule has 0 atom stereocenters. The fourth-order valence-corrected chi connectivity index (χ4v) is 4.02. The number of thioether (sulfide) groups is 1. The van der Waals surface area contributed by atoms with Crippen molar-refractivity contribution in [2.75, 3.05) is 41.2 Å². The van der Waals surface area contributed by atoms with Crippen LogP contribution in [0.2, 0.25) is 0 Å². The molecule has 1 aliphatic heterocycles. The quantitative estimate of drug-likeness (QED) is 0.731. The first kappa shape index (κ1) is 19.3. The van der Waals surface area contributed by atoms with Gasteiger partial charge in [-0.05, 0) is 36.6 Å². The monoisotopic (exact) mass is 385 g/mol. The van der Waals surface area contributed by atoms with Gasteiger partial charge in [0, 0.05) is 30.8 Å². The van der Waals surface area contributed by atoms with Crippen LogP contribution in [-0.2, 0) is 13.0 Å². The van der Waals surface area contributed by atoms with Crippen molar-refractivity contribution in [2.24, 2.45) is 0 Å². The summed E-state index contributed by atoms with van der Waals surface area (Å²) in [6.07, 6.45) is 2.81. The Morgan fingerprint density at radius 1 is 1.15 bits per heavy atom. The van der Waals surface area contributed by atoms with Crippen LogP contribution in [0.1, 0.15) is 16.8 Å². The van der Waals surface area contributed by atoms with Crippen molar-refractivity contribution in [3.8, 4) is 34.4 Å². The number of likely N-dealkylation sites (N-methyl/N-ethyl adjacent to an activating group) is 1. The van der Waals surface area contributed by atoms with Crippen molar-refractivity contribution in [3.63, 3.8) is 0 Å². The first-order valence-corrected chi connectivity index (χ1v) is 9.79. The van der Waals surface area contributed by atoms with E-state index in [0.717, 1.165) is 46.9 Å². The van der Waals surface area contributed by atoms with E-state index >= 15 is 0 Å². The lowest BCUT2D eigenvalue weighted by molar-refractivity contribution is 0.309. The minimum absolute atomic E-state index is 0.535. The van der Waals surface area contributed by atoms with Crippen LogP contribution < -0.4 is 14.2 Å². The molecule has 1 aromatic heterocycles. The number of ether oxygens (including phenoxy) is 3. The minimum atomic E-state index is 0.535. The molecule has 0 saturated carbocycles. The molecule has 0 bridgehead atoms. The van der Waals surface area contributed by atoms with Crippen molar-refractivity contribution in [3.05, 3.63) is 29.0 Å². The highest BCUT2D eigenvalue weighted by molar-refractivity contribution is 7.98. The summed E-state index contributed by atoms with van der Waals surface area (Å²) in [5.41, 5.74) is 4.50. The molecule has 0 spiro atoms. The number of fused-ring (bicyclic) bond motifs is 1. The first-order chi connectivity index (χ1) is 13.1. The molecule has 2 aromatic rings. The summed E-state index contributed by atoms with van der Waals surface area (Å²) in [6.45, 7) is 1.70. The highest BCUT2D eigenvalue weighted by Crippen LogP contribution is 2.44. The summed E-state index contributed by atoms with van der Waals surface area (Å²) in [7, 11) is 6.84. The number of rotatable bonds is 5. The third kappa shape index (κ3) is 3.43. The zero-order valence-corrected chi connectivity index (χ0v) is 17.1. The van der Waals surface area contributed by atoms with Crippen LogP contribution in [0.25, 0.3) is 11.1 Å². The molecule has 2 heterocycles. The number of methoxy groups -OCH3 is 3. The van der Waals surface area contributed by atoms with Gasteiger partial charge in [0.2, 0.25) is 5.75 Å². The molecule has 27 heavy (non-hydrogen) atoms. The topological polar surface area (TPSA) is 67.6 Å². The number of nitriles is 1. The lowest BCUT2D eigenvalue weighted by Gasteiger charge is -2.28. The molecule has 1 aromatic carbocycles. The molecule has 0 saturated heterocycles. The van der Waals surface area contributed by atoms with Crippen LogP contribution in [0.4, 0.5) is 0 Å². The third-order valence-electron chi connectivity index (χ3n) is 4.77. The van der Waals surface area contributed by atoms with Crippen LogP contribution in [0.15, 0.2) is 17.2 Å². The normalized spacial score (nSPS) is 13.6. The van der Waals surface area contributed by atoms with Gasteiger partial charge in [0.05, 0.1) is 26.9 Å². The number of benzene rings is 1. The van der Waals surface area contributed by atoms with Gasteiger partial charge in [-0.15, -0.1) is 11.8 Å². The van der Waals surface area contributed by atoms with Gasteiger partial charge in [-0.3, -0.25) is 0 Å². The van der Waals surface area contributed by atoms with Crippen LogP contribution in [0, 0.1) is 11.3 Å². The van der Waals surface area contributed by atoms with Crippen LogP contribution in [-0.4, -0.2) is 51.1 Å². The molecular formula is C20H23N3O3S. The van der Waals surface area contributed by atoms with E-state index in [1.165, 1.54) is 11.8 Å². The molecule has 0 N–H and O–H groups in total. The molecule has 3 rings (SSSR count). The van der Waals surface area contributed by atoms with Gasteiger partial charge >= 0.3 is 0 Å². The lowest BCUT2D eigenvalue weighted by Crippen LogP contribution is -2.28. The second kappa shape index (κ2) is 8.07. The molecule has 0 fully saturated rings. The van der Waals surface area contributed by atoms with Crippen LogP contribution in [0.5, 0.6) is 17.2 Å². The summed E-state index contributed by atoms with van der Waals surface area (Å²) in [5, 5.41) is 10.7. The van der Waals surface area contributed by atoms with Gasteiger partial charge < -0.3 is 19.1 Å². The second-order valence-electron chi connectivity index (χ2n) is 6.31. The number of nitrogens with zero attached hydrogens (tertiary/aromatic N) is 3. The van der Waals surface area contributed by atoms with E-state index in [4.69, 9.17) is 19.2 Å². The average molecular weight is 385 g/mol. The highest BCUT2D eigenvalue weighted by Gasteiger charge is 2.26. The van der Waals surface area contributed by atoms with Gasteiger partial charge in [0.15, 0.2) is 11.5 Å². The van der Waals surface area contributed by atoms with Gasteiger partial charge in [-0.25, -0.2) is 4.98 Å². The Bertz CT molecular complexity index is 883. The lowest BCUT2D eigenvalue weighted by atomic mass is 9.91. The van der Waals surface area contributed by atoms with Crippen molar-refractivity contribution in [1.29, 1.82) is 5.26 Å². The summed E-state index contributed by atoms with van der Waals surface area (Å²) in [6, 6.07) is 6.17. The molecule has 0 radical (unpaired) electrons. The molecule has 0 amide bonds. The van der Waals surface area contributed by atoms with E-state index in [0.29, 0.717) is 22.8 Å².